The van der Waals surface area contributed by atoms with E-state index in [9.17, 15) is 0 Å². The largest absolute Gasteiger partial charge is 0.515 e. The van der Waals surface area contributed by atoms with Crippen LogP contribution in [0.2, 0.25) is 0 Å². The topological polar surface area (TPSA) is 34.6 Å². The molecule has 0 atom stereocenters. The van der Waals surface area contributed by atoms with Crippen molar-refractivity contribution in [2.24, 2.45) is 5.92 Å². The summed E-state index contributed by atoms with van der Waals surface area (Å²) in [6.07, 6.45) is 2.51. The first kappa shape index (κ1) is 15.3. The molecule has 0 radical (unpaired) electrons. The molecule has 0 aromatic carbocycles. The maximum Gasteiger partial charge on any atom is 0.515 e. The second-order valence-electron chi connectivity index (χ2n) is 7.31. The lowest BCUT2D eigenvalue weighted by Crippen LogP contribution is -2.41. The van der Waals surface area contributed by atoms with Crippen LogP contribution in [0.3, 0.4) is 0 Å². The molecular weight excluding hydrogens is 283 g/mol. The van der Waals surface area contributed by atoms with E-state index in [1.54, 1.807) is 11.3 Å². The van der Waals surface area contributed by atoms with E-state index in [0.29, 0.717) is 0 Å². The van der Waals surface area contributed by atoms with E-state index < -0.39 is 0 Å². The van der Waals surface area contributed by atoms with E-state index in [1.165, 1.54) is 12.8 Å². The minimum absolute atomic E-state index is 0.304. The van der Waals surface area contributed by atoms with Gasteiger partial charge < -0.3 is 14.2 Å². The van der Waals surface area contributed by atoms with E-state index in [0.717, 1.165) is 29.7 Å². The molecule has 1 aromatic rings. The SMILES string of the molecule is CC1CCN(c2nc(B3OC(C)(C)C(C)(C)O3)cs2)CC1. The van der Waals surface area contributed by atoms with Crippen molar-refractivity contribution in [2.45, 2.75) is 58.7 Å². The average molecular weight is 308 g/mol. The fourth-order valence-electron chi connectivity index (χ4n) is 2.69. The summed E-state index contributed by atoms with van der Waals surface area (Å²) >= 11 is 1.70. The van der Waals surface area contributed by atoms with Gasteiger partial charge in [0.15, 0.2) is 5.13 Å². The molecule has 3 heterocycles. The molecule has 2 fully saturated rings. The highest BCUT2D eigenvalue weighted by Gasteiger charge is 2.52. The zero-order valence-corrected chi connectivity index (χ0v) is 14.5. The molecule has 21 heavy (non-hydrogen) atoms. The van der Waals surface area contributed by atoms with E-state index in [-0.39, 0.29) is 18.3 Å². The fourth-order valence-corrected chi connectivity index (χ4v) is 3.57. The minimum Gasteiger partial charge on any atom is -0.398 e. The summed E-state index contributed by atoms with van der Waals surface area (Å²) in [4.78, 5) is 7.15. The Morgan fingerprint density at radius 3 is 2.33 bits per heavy atom. The molecule has 0 bridgehead atoms. The number of aromatic nitrogens is 1. The van der Waals surface area contributed by atoms with Crippen LogP contribution in [0, 0.1) is 5.92 Å². The number of hydrogen-bond acceptors (Lipinski definition) is 5. The smallest absolute Gasteiger partial charge is 0.398 e. The Morgan fingerprint density at radius 2 is 1.76 bits per heavy atom. The summed E-state index contributed by atoms with van der Waals surface area (Å²) in [6.45, 7) is 12.8. The van der Waals surface area contributed by atoms with Crippen molar-refractivity contribution in [2.75, 3.05) is 18.0 Å². The normalized spacial score (nSPS) is 25.6. The molecule has 0 saturated carbocycles. The highest BCUT2D eigenvalue weighted by molar-refractivity contribution is 7.14. The van der Waals surface area contributed by atoms with Gasteiger partial charge in [0.2, 0.25) is 0 Å². The number of anilines is 1. The predicted molar refractivity (Wildman–Crippen MR) is 88.4 cm³/mol. The molecule has 2 aliphatic heterocycles. The van der Waals surface area contributed by atoms with Gasteiger partial charge in [-0.25, -0.2) is 4.98 Å². The Bertz CT molecular complexity index is 494. The molecule has 0 aliphatic carbocycles. The number of nitrogens with zero attached hydrogens (tertiary/aromatic N) is 2. The molecule has 1 aromatic heterocycles. The van der Waals surface area contributed by atoms with E-state index in [1.807, 2.05) is 0 Å². The lowest BCUT2D eigenvalue weighted by Gasteiger charge is -2.32. The maximum absolute atomic E-state index is 6.07. The van der Waals surface area contributed by atoms with Crippen molar-refractivity contribution < 1.29 is 9.31 Å². The third-order valence-corrected chi connectivity index (χ3v) is 5.98. The standard InChI is InChI=1S/C15H25BN2O2S/c1-11-6-8-18(9-7-11)13-17-12(10-21-13)16-19-14(2,3)15(4,5)20-16/h10-11H,6-9H2,1-5H3. The van der Waals surface area contributed by atoms with Gasteiger partial charge in [0.05, 0.1) is 16.8 Å². The summed E-state index contributed by atoms with van der Waals surface area (Å²) in [5, 5.41) is 3.18. The van der Waals surface area contributed by atoms with Gasteiger partial charge >= 0.3 is 7.12 Å². The van der Waals surface area contributed by atoms with Crippen molar-refractivity contribution in [1.29, 1.82) is 0 Å². The Kier molecular flexibility index (Phi) is 3.83. The number of hydrogen-bond donors (Lipinski definition) is 0. The Hall–Kier alpha value is -0.585. The third kappa shape index (κ3) is 2.85. The van der Waals surface area contributed by atoms with Crippen LogP contribution in [-0.2, 0) is 9.31 Å². The van der Waals surface area contributed by atoms with Crippen LogP contribution in [0.25, 0.3) is 0 Å². The van der Waals surface area contributed by atoms with Crippen LogP contribution in [0.1, 0.15) is 47.5 Å². The Balaban J connectivity index is 1.71. The molecule has 0 amide bonds. The summed E-state index contributed by atoms with van der Waals surface area (Å²) < 4.78 is 12.1. The maximum atomic E-state index is 6.07. The molecule has 116 valence electrons. The first-order chi connectivity index (χ1) is 9.78. The predicted octanol–water partition coefficient (Wildman–Crippen LogP) is 2.68. The molecule has 6 heteroatoms. The van der Waals surface area contributed by atoms with Crippen molar-refractivity contribution >= 4 is 29.2 Å². The van der Waals surface area contributed by atoms with Crippen LogP contribution in [-0.4, -0.2) is 36.4 Å². The van der Waals surface area contributed by atoms with Gasteiger partial charge in [0, 0.05) is 18.5 Å². The van der Waals surface area contributed by atoms with Gasteiger partial charge in [0.1, 0.15) is 0 Å². The van der Waals surface area contributed by atoms with Crippen molar-refractivity contribution in [3.8, 4) is 0 Å². The van der Waals surface area contributed by atoms with Gasteiger partial charge in [-0.1, -0.05) is 6.92 Å². The second-order valence-corrected chi connectivity index (χ2v) is 8.15. The third-order valence-electron chi connectivity index (χ3n) is 5.06. The molecule has 3 rings (SSSR count). The first-order valence-corrected chi connectivity index (χ1v) is 8.72. The monoisotopic (exact) mass is 308 g/mol. The minimum atomic E-state index is -0.344. The highest BCUT2D eigenvalue weighted by Crippen LogP contribution is 2.36. The molecule has 0 unspecified atom stereocenters. The second kappa shape index (κ2) is 5.25. The van der Waals surface area contributed by atoms with Crippen molar-refractivity contribution in [1.82, 2.24) is 4.98 Å². The number of piperidine rings is 1. The molecule has 2 saturated heterocycles. The van der Waals surface area contributed by atoms with Gasteiger partial charge in [-0.15, -0.1) is 11.3 Å². The van der Waals surface area contributed by atoms with E-state index in [2.05, 4.69) is 44.9 Å². The molecule has 0 N–H and O–H groups in total. The zero-order valence-electron chi connectivity index (χ0n) is 13.7. The quantitative estimate of drug-likeness (QED) is 0.787. The molecule has 4 nitrogen and oxygen atoms in total. The summed E-state index contributed by atoms with van der Waals surface area (Å²) in [7, 11) is -0.344. The van der Waals surface area contributed by atoms with Crippen LogP contribution in [0.5, 0.6) is 0 Å². The van der Waals surface area contributed by atoms with Crippen molar-refractivity contribution in [3.05, 3.63) is 5.38 Å². The van der Waals surface area contributed by atoms with E-state index in [4.69, 9.17) is 14.3 Å². The fraction of sp³-hybridized carbons (Fsp3) is 0.800. The first-order valence-electron chi connectivity index (χ1n) is 7.84. The number of thiazole rings is 1. The molecule has 0 spiro atoms. The van der Waals surface area contributed by atoms with Crippen LogP contribution in [0.15, 0.2) is 5.38 Å². The Morgan fingerprint density at radius 1 is 1.19 bits per heavy atom. The average Bonchev–Trinajstić information content (AvgIpc) is 2.94. The van der Waals surface area contributed by atoms with Crippen LogP contribution in [0.4, 0.5) is 5.13 Å². The molecule has 2 aliphatic rings. The summed E-state index contributed by atoms with van der Waals surface area (Å²) in [5.74, 6) is 0.837. The van der Waals surface area contributed by atoms with E-state index >= 15 is 0 Å². The van der Waals surface area contributed by atoms with Gasteiger partial charge in [0.25, 0.3) is 0 Å². The summed E-state index contributed by atoms with van der Waals surface area (Å²) in [6, 6.07) is 0. The zero-order chi connectivity index (χ0) is 15.3. The van der Waals surface area contributed by atoms with Crippen LogP contribution >= 0.6 is 11.3 Å². The lowest BCUT2D eigenvalue weighted by atomic mass is 9.86. The summed E-state index contributed by atoms with van der Waals surface area (Å²) in [5.41, 5.74) is 0.302. The highest BCUT2D eigenvalue weighted by atomic mass is 32.1. The van der Waals surface area contributed by atoms with Crippen LogP contribution < -0.4 is 10.5 Å². The Labute approximate surface area is 132 Å². The van der Waals surface area contributed by atoms with Gasteiger partial charge in [-0.2, -0.15) is 0 Å². The van der Waals surface area contributed by atoms with Gasteiger partial charge in [-0.05, 0) is 46.5 Å². The van der Waals surface area contributed by atoms with Gasteiger partial charge in [-0.3, -0.25) is 0 Å². The van der Waals surface area contributed by atoms with Crippen molar-refractivity contribution in [3.63, 3.8) is 0 Å². The molecular formula is C15H25BN2O2S. The lowest BCUT2D eigenvalue weighted by molar-refractivity contribution is 0.00578. The number of rotatable bonds is 2.